The van der Waals surface area contributed by atoms with E-state index in [1.807, 2.05) is 35.2 Å². The van der Waals surface area contributed by atoms with E-state index >= 15 is 0 Å². The van der Waals surface area contributed by atoms with E-state index in [0.29, 0.717) is 5.16 Å². The van der Waals surface area contributed by atoms with Crippen LogP contribution < -0.4 is 0 Å². The highest BCUT2D eigenvalue weighted by Gasteiger charge is 2.29. The zero-order chi connectivity index (χ0) is 13.8. The number of carbonyl (C=O) groups excluding carboxylic acids is 1. The van der Waals surface area contributed by atoms with Crippen LogP contribution >= 0.6 is 11.8 Å². The number of rotatable bonds is 4. The molecule has 20 heavy (non-hydrogen) atoms. The van der Waals surface area contributed by atoms with Gasteiger partial charge in [0, 0.05) is 13.1 Å². The maximum absolute atomic E-state index is 12.7. The average molecular weight is 288 g/mol. The van der Waals surface area contributed by atoms with Crippen molar-refractivity contribution in [1.29, 1.82) is 0 Å². The topological polar surface area (TPSA) is 61.9 Å². The highest BCUT2D eigenvalue weighted by atomic mass is 32.2. The maximum Gasteiger partial charge on any atom is 0.240 e. The first-order valence-corrected chi connectivity index (χ1v) is 7.58. The minimum absolute atomic E-state index is 0.162. The standard InChI is InChI=1S/C14H16N4OS/c19-13(18-8-4-5-9-18)12(11-6-2-1-3-7-11)20-14-15-10-16-17-14/h1-3,6-7,10,12H,4-5,8-9H2,(H,15,16,17)/t12-/m0/s1. The van der Waals surface area contributed by atoms with E-state index in [1.165, 1.54) is 18.1 Å². The molecule has 1 amide bonds. The van der Waals surface area contributed by atoms with E-state index in [0.717, 1.165) is 31.5 Å². The molecule has 104 valence electrons. The molecule has 1 aromatic heterocycles. The Morgan fingerprint density at radius 2 is 2.00 bits per heavy atom. The fourth-order valence-corrected chi connectivity index (χ4v) is 3.33. The lowest BCUT2D eigenvalue weighted by atomic mass is 10.1. The van der Waals surface area contributed by atoms with Gasteiger partial charge in [-0.2, -0.15) is 5.10 Å². The van der Waals surface area contributed by atoms with Gasteiger partial charge in [-0.05, 0) is 18.4 Å². The lowest BCUT2D eigenvalue weighted by molar-refractivity contribution is -0.129. The Kier molecular flexibility index (Phi) is 4.01. The number of hydrogen-bond donors (Lipinski definition) is 1. The molecule has 3 rings (SSSR count). The van der Waals surface area contributed by atoms with Crippen molar-refractivity contribution < 1.29 is 4.79 Å². The van der Waals surface area contributed by atoms with Crippen molar-refractivity contribution in [3.05, 3.63) is 42.2 Å². The highest BCUT2D eigenvalue weighted by Crippen LogP contribution is 2.35. The number of nitrogens with zero attached hydrogens (tertiary/aromatic N) is 3. The van der Waals surface area contributed by atoms with Gasteiger partial charge < -0.3 is 4.90 Å². The predicted octanol–water partition coefficient (Wildman–Crippen LogP) is 2.26. The van der Waals surface area contributed by atoms with Gasteiger partial charge in [0.1, 0.15) is 11.6 Å². The number of H-pyrrole nitrogens is 1. The van der Waals surface area contributed by atoms with Gasteiger partial charge in [-0.3, -0.25) is 9.89 Å². The van der Waals surface area contributed by atoms with Gasteiger partial charge in [-0.25, -0.2) is 4.98 Å². The fourth-order valence-electron chi connectivity index (χ4n) is 2.35. The quantitative estimate of drug-likeness (QED) is 0.877. The molecule has 0 bridgehead atoms. The van der Waals surface area contributed by atoms with E-state index in [4.69, 9.17) is 0 Å². The normalized spacial score (nSPS) is 16.3. The van der Waals surface area contributed by atoms with Gasteiger partial charge in [-0.15, -0.1) is 0 Å². The second-order valence-corrected chi connectivity index (χ2v) is 5.83. The Labute approximate surface area is 121 Å². The van der Waals surface area contributed by atoms with Crippen molar-refractivity contribution >= 4 is 17.7 Å². The molecule has 0 radical (unpaired) electrons. The molecule has 1 N–H and O–H groups in total. The Balaban J connectivity index is 1.84. The van der Waals surface area contributed by atoms with Gasteiger partial charge in [0.15, 0.2) is 5.16 Å². The number of benzene rings is 1. The van der Waals surface area contributed by atoms with Crippen molar-refractivity contribution in [3.8, 4) is 0 Å². The SMILES string of the molecule is O=C([C@@H](Sc1ncn[nH]1)c1ccccc1)N1CCCC1. The number of thioether (sulfide) groups is 1. The predicted molar refractivity (Wildman–Crippen MR) is 77.2 cm³/mol. The molecule has 1 aliphatic rings. The Morgan fingerprint density at radius 1 is 1.25 bits per heavy atom. The molecule has 1 atom stereocenters. The molecule has 1 aliphatic heterocycles. The van der Waals surface area contributed by atoms with Gasteiger partial charge in [0.05, 0.1) is 0 Å². The van der Waals surface area contributed by atoms with Crippen LogP contribution in [0.15, 0.2) is 41.8 Å². The summed E-state index contributed by atoms with van der Waals surface area (Å²) in [5.74, 6) is 0.162. The number of aromatic amines is 1. The first-order chi connectivity index (χ1) is 9.84. The summed E-state index contributed by atoms with van der Waals surface area (Å²) in [7, 11) is 0. The van der Waals surface area contributed by atoms with E-state index in [9.17, 15) is 4.79 Å². The molecule has 0 aliphatic carbocycles. The smallest absolute Gasteiger partial charge is 0.240 e. The highest BCUT2D eigenvalue weighted by molar-refractivity contribution is 8.00. The summed E-state index contributed by atoms with van der Waals surface area (Å²) in [5.41, 5.74) is 1.01. The number of aromatic nitrogens is 3. The van der Waals surface area contributed by atoms with Crippen LogP contribution in [0.25, 0.3) is 0 Å². The number of hydrogen-bond acceptors (Lipinski definition) is 4. The molecule has 2 heterocycles. The number of nitrogens with one attached hydrogen (secondary N) is 1. The third-order valence-electron chi connectivity index (χ3n) is 3.37. The van der Waals surface area contributed by atoms with Crippen LogP contribution in [0.3, 0.4) is 0 Å². The molecule has 0 saturated carbocycles. The van der Waals surface area contributed by atoms with Crippen molar-refractivity contribution in [2.45, 2.75) is 23.2 Å². The molecular weight excluding hydrogens is 272 g/mol. The third kappa shape index (κ3) is 2.85. The van der Waals surface area contributed by atoms with E-state index < -0.39 is 0 Å². The van der Waals surface area contributed by atoms with Crippen LogP contribution in [-0.4, -0.2) is 39.1 Å². The summed E-state index contributed by atoms with van der Waals surface area (Å²) in [4.78, 5) is 18.8. The monoisotopic (exact) mass is 288 g/mol. The van der Waals surface area contributed by atoms with Crippen molar-refractivity contribution in [1.82, 2.24) is 20.1 Å². The number of carbonyl (C=O) groups is 1. The maximum atomic E-state index is 12.7. The molecular formula is C14H16N4OS. The molecule has 6 heteroatoms. The Hall–Kier alpha value is -1.82. The summed E-state index contributed by atoms with van der Waals surface area (Å²) in [6.45, 7) is 1.72. The zero-order valence-corrected chi connectivity index (χ0v) is 11.8. The van der Waals surface area contributed by atoms with Crippen LogP contribution in [0.1, 0.15) is 23.7 Å². The third-order valence-corrected chi connectivity index (χ3v) is 4.50. The zero-order valence-electron chi connectivity index (χ0n) is 11.0. The van der Waals surface area contributed by atoms with Crippen molar-refractivity contribution in [3.63, 3.8) is 0 Å². The number of amides is 1. The van der Waals surface area contributed by atoms with Crippen LogP contribution in [0, 0.1) is 0 Å². The van der Waals surface area contributed by atoms with E-state index in [-0.39, 0.29) is 11.2 Å². The molecule has 1 fully saturated rings. The molecule has 1 saturated heterocycles. The minimum Gasteiger partial charge on any atom is -0.341 e. The summed E-state index contributed by atoms with van der Waals surface area (Å²) < 4.78 is 0. The second kappa shape index (κ2) is 6.09. The van der Waals surface area contributed by atoms with Crippen molar-refractivity contribution in [2.75, 3.05) is 13.1 Å². The lowest BCUT2D eigenvalue weighted by Gasteiger charge is -2.22. The van der Waals surface area contributed by atoms with Crippen LogP contribution in [0.4, 0.5) is 0 Å². The first-order valence-electron chi connectivity index (χ1n) is 6.70. The van der Waals surface area contributed by atoms with Crippen LogP contribution in [0.5, 0.6) is 0 Å². The average Bonchev–Trinajstić information content (AvgIpc) is 3.18. The molecule has 0 spiro atoms. The fraction of sp³-hybridized carbons (Fsp3) is 0.357. The van der Waals surface area contributed by atoms with E-state index in [1.54, 1.807) is 0 Å². The van der Waals surface area contributed by atoms with Crippen LogP contribution in [-0.2, 0) is 4.79 Å². The minimum atomic E-state index is -0.262. The largest absolute Gasteiger partial charge is 0.341 e. The van der Waals surface area contributed by atoms with Gasteiger partial charge in [0.2, 0.25) is 5.91 Å². The lowest BCUT2D eigenvalue weighted by Crippen LogP contribution is -2.31. The molecule has 0 unspecified atom stereocenters. The summed E-state index contributed by atoms with van der Waals surface area (Å²) >= 11 is 1.42. The molecule has 1 aromatic carbocycles. The van der Waals surface area contributed by atoms with Crippen LogP contribution in [0.2, 0.25) is 0 Å². The molecule has 2 aromatic rings. The van der Waals surface area contributed by atoms with Gasteiger partial charge in [-0.1, -0.05) is 42.1 Å². The Bertz CT molecular complexity index is 552. The second-order valence-electron chi connectivity index (χ2n) is 4.73. The first kappa shape index (κ1) is 13.2. The summed E-state index contributed by atoms with van der Waals surface area (Å²) in [6, 6.07) is 9.85. The van der Waals surface area contributed by atoms with Gasteiger partial charge in [0.25, 0.3) is 0 Å². The van der Waals surface area contributed by atoms with E-state index in [2.05, 4.69) is 15.2 Å². The molecule has 5 nitrogen and oxygen atoms in total. The Morgan fingerprint density at radius 3 is 2.65 bits per heavy atom. The van der Waals surface area contributed by atoms with Gasteiger partial charge >= 0.3 is 0 Å². The summed E-state index contributed by atoms with van der Waals surface area (Å²) in [6.07, 6.45) is 3.66. The van der Waals surface area contributed by atoms with Crippen molar-refractivity contribution in [2.24, 2.45) is 0 Å². The summed E-state index contributed by atoms with van der Waals surface area (Å²) in [5, 5.41) is 7.07. The number of likely N-dealkylation sites (tertiary alicyclic amines) is 1.